The van der Waals surface area contributed by atoms with Crippen molar-refractivity contribution in [1.82, 2.24) is 0 Å². The maximum absolute atomic E-state index is 2.39. The Labute approximate surface area is 81.7 Å². The average molecular weight is 176 g/mol. The summed E-state index contributed by atoms with van der Waals surface area (Å²) in [7, 11) is 0. The second kappa shape index (κ2) is 3.32. The van der Waals surface area contributed by atoms with E-state index in [-0.39, 0.29) is 0 Å². The highest BCUT2D eigenvalue weighted by Crippen LogP contribution is 2.40. The van der Waals surface area contributed by atoms with Gasteiger partial charge in [0.15, 0.2) is 0 Å². The lowest BCUT2D eigenvalue weighted by molar-refractivity contribution is 0.482. The van der Waals surface area contributed by atoms with Crippen molar-refractivity contribution in [2.45, 2.75) is 52.9 Å². The molecule has 0 aromatic heterocycles. The zero-order chi connectivity index (χ0) is 9.42. The van der Waals surface area contributed by atoms with Gasteiger partial charge in [-0.25, -0.2) is 0 Å². The van der Waals surface area contributed by atoms with Crippen molar-refractivity contribution in [1.29, 1.82) is 0 Å². The standard InChI is InChI=1S/C13H20/c1-9-4-7-13-11(3)10(2)5-6-12(13)8-9/h9H,4-8H2,1-3H3. The van der Waals surface area contributed by atoms with Crippen LogP contribution in [0.4, 0.5) is 0 Å². The first-order chi connectivity index (χ1) is 6.18. The molecule has 0 heteroatoms. The summed E-state index contributed by atoms with van der Waals surface area (Å²) in [5, 5.41) is 0. The van der Waals surface area contributed by atoms with Crippen LogP contribution in [0.1, 0.15) is 52.9 Å². The van der Waals surface area contributed by atoms with Gasteiger partial charge >= 0.3 is 0 Å². The Morgan fingerprint density at radius 1 is 1.08 bits per heavy atom. The second-order valence-corrected chi connectivity index (χ2v) is 4.84. The van der Waals surface area contributed by atoms with E-state index >= 15 is 0 Å². The SMILES string of the molecule is CC1=C(C)C2=C(CC1)CC(C)CC2. The fraction of sp³-hybridized carbons (Fsp3) is 0.692. The summed E-state index contributed by atoms with van der Waals surface area (Å²) < 4.78 is 0. The molecule has 0 aromatic carbocycles. The first-order valence-corrected chi connectivity index (χ1v) is 5.56. The van der Waals surface area contributed by atoms with Gasteiger partial charge in [-0.2, -0.15) is 0 Å². The smallest absolute Gasteiger partial charge is 0.0274 e. The molecule has 2 aliphatic carbocycles. The van der Waals surface area contributed by atoms with Gasteiger partial charge in [-0.05, 0) is 63.0 Å². The fourth-order valence-electron chi connectivity index (χ4n) is 2.70. The highest BCUT2D eigenvalue weighted by molar-refractivity contribution is 5.41. The number of rotatable bonds is 0. The lowest BCUT2D eigenvalue weighted by Gasteiger charge is -2.30. The van der Waals surface area contributed by atoms with Crippen molar-refractivity contribution in [2.24, 2.45) is 5.92 Å². The Hall–Kier alpha value is -0.520. The molecular formula is C13H20. The van der Waals surface area contributed by atoms with Gasteiger partial charge in [-0.15, -0.1) is 0 Å². The van der Waals surface area contributed by atoms with Crippen LogP contribution in [-0.2, 0) is 0 Å². The topological polar surface area (TPSA) is 0 Å². The molecule has 0 aliphatic heterocycles. The van der Waals surface area contributed by atoms with E-state index in [9.17, 15) is 0 Å². The maximum Gasteiger partial charge on any atom is -0.0274 e. The summed E-state index contributed by atoms with van der Waals surface area (Å²) in [6, 6.07) is 0. The highest BCUT2D eigenvalue weighted by atomic mass is 14.3. The van der Waals surface area contributed by atoms with Crippen molar-refractivity contribution in [2.75, 3.05) is 0 Å². The lowest BCUT2D eigenvalue weighted by Crippen LogP contribution is -2.12. The highest BCUT2D eigenvalue weighted by Gasteiger charge is 2.22. The van der Waals surface area contributed by atoms with Gasteiger partial charge in [-0.3, -0.25) is 0 Å². The minimum atomic E-state index is 0.935. The largest absolute Gasteiger partial charge is 0.0698 e. The maximum atomic E-state index is 2.39. The summed E-state index contributed by atoms with van der Waals surface area (Å²) in [4.78, 5) is 0. The van der Waals surface area contributed by atoms with Crippen molar-refractivity contribution < 1.29 is 0 Å². The molecule has 1 unspecified atom stereocenters. The van der Waals surface area contributed by atoms with Gasteiger partial charge in [0.1, 0.15) is 0 Å². The van der Waals surface area contributed by atoms with E-state index in [0.29, 0.717) is 0 Å². The van der Waals surface area contributed by atoms with Crippen LogP contribution < -0.4 is 0 Å². The van der Waals surface area contributed by atoms with Gasteiger partial charge in [0, 0.05) is 0 Å². The third kappa shape index (κ3) is 1.59. The Balaban J connectivity index is 2.31. The minimum Gasteiger partial charge on any atom is -0.0698 e. The molecule has 0 radical (unpaired) electrons. The van der Waals surface area contributed by atoms with Gasteiger partial charge in [0.2, 0.25) is 0 Å². The van der Waals surface area contributed by atoms with E-state index in [2.05, 4.69) is 20.8 Å². The molecule has 0 spiro atoms. The molecule has 0 bridgehead atoms. The van der Waals surface area contributed by atoms with Crippen LogP contribution in [0.2, 0.25) is 0 Å². The molecule has 72 valence electrons. The summed E-state index contributed by atoms with van der Waals surface area (Å²) in [6.45, 7) is 7.02. The third-order valence-corrected chi connectivity index (χ3v) is 3.80. The Kier molecular flexibility index (Phi) is 2.31. The monoisotopic (exact) mass is 176 g/mol. The quantitative estimate of drug-likeness (QED) is 0.518. The van der Waals surface area contributed by atoms with E-state index in [1.165, 1.54) is 32.1 Å². The molecule has 0 fully saturated rings. The van der Waals surface area contributed by atoms with Crippen LogP contribution in [0.5, 0.6) is 0 Å². The predicted molar refractivity (Wildman–Crippen MR) is 57.6 cm³/mol. The fourth-order valence-corrected chi connectivity index (χ4v) is 2.70. The summed E-state index contributed by atoms with van der Waals surface area (Å²) in [5.41, 5.74) is 6.75. The molecule has 1 atom stereocenters. The molecule has 0 amide bonds. The Morgan fingerprint density at radius 3 is 2.62 bits per heavy atom. The van der Waals surface area contributed by atoms with Crippen molar-refractivity contribution in [3.05, 3.63) is 22.3 Å². The van der Waals surface area contributed by atoms with Crippen molar-refractivity contribution in [3.8, 4) is 0 Å². The molecule has 0 N–H and O–H groups in total. The summed E-state index contributed by atoms with van der Waals surface area (Å²) >= 11 is 0. The van der Waals surface area contributed by atoms with Crippen molar-refractivity contribution in [3.63, 3.8) is 0 Å². The Morgan fingerprint density at radius 2 is 1.85 bits per heavy atom. The number of hydrogen-bond donors (Lipinski definition) is 0. The van der Waals surface area contributed by atoms with E-state index in [1.54, 1.807) is 22.3 Å². The normalized spacial score (nSPS) is 29.3. The van der Waals surface area contributed by atoms with Gasteiger partial charge in [0.25, 0.3) is 0 Å². The molecule has 0 nitrogen and oxygen atoms in total. The van der Waals surface area contributed by atoms with E-state index in [1.807, 2.05) is 0 Å². The first-order valence-electron chi connectivity index (χ1n) is 5.56. The second-order valence-electron chi connectivity index (χ2n) is 4.84. The zero-order valence-corrected chi connectivity index (χ0v) is 9.11. The molecule has 0 saturated carbocycles. The minimum absolute atomic E-state index is 0.935. The molecule has 2 rings (SSSR count). The van der Waals surface area contributed by atoms with Gasteiger partial charge in [0.05, 0.1) is 0 Å². The molecule has 0 saturated heterocycles. The van der Waals surface area contributed by atoms with Crippen LogP contribution >= 0.6 is 0 Å². The van der Waals surface area contributed by atoms with Gasteiger partial charge < -0.3 is 0 Å². The third-order valence-electron chi connectivity index (χ3n) is 3.80. The van der Waals surface area contributed by atoms with Crippen LogP contribution in [0.15, 0.2) is 22.3 Å². The van der Waals surface area contributed by atoms with E-state index in [0.717, 1.165) is 5.92 Å². The van der Waals surface area contributed by atoms with Crippen molar-refractivity contribution >= 4 is 0 Å². The molecule has 0 aromatic rings. The average Bonchev–Trinajstić information content (AvgIpc) is 2.12. The Bertz CT molecular complexity index is 278. The van der Waals surface area contributed by atoms with Crippen LogP contribution in [-0.4, -0.2) is 0 Å². The molecule has 2 aliphatic rings. The van der Waals surface area contributed by atoms with Gasteiger partial charge in [-0.1, -0.05) is 18.1 Å². The van der Waals surface area contributed by atoms with Crippen LogP contribution in [0, 0.1) is 5.92 Å². The van der Waals surface area contributed by atoms with E-state index in [4.69, 9.17) is 0 Å². The van der Waals surface area contributed by atoms with Crippen LogP contribution in [0.3, 0.4) is 0 Å². The van der Waals surface area contributed by atoms with Crippen LogP contribution in [0.25, 0.3) is 0 Å². The predicted octanol–water partition coefficient (Wildman–Crippen LogP) is 4.23. The molecular weight excluding hydrogens is 156 g/mol. The lowest BCUT2D eigenvalue weighted by atomic mass is 9.76. The summed E-state index contributed by atoms with van der Waals surface area (Å²) in [5.74, 6) is 0.935. The number of allylic oxidation sites excluding steroid dienone is 4. The number of hydrogen-bond acceptors (Lipinski definition) is 0. The van der Waals surface area contributed by atoms with E-state index < -0.39 is 0 Å². The molecule has 0 heterocycles. The zero-order valence-electron chi connectivity index (χ0n) is 9.11. The summed E-state index contributed by atoms with van der Waals surface area (Å²) in [6.07, 6.45) is 6.79. The molecule has 13 heavy (non-hydrogen) atoms. The first kappa shape index (κ1) is 9.05.